The van der Waals surface area contributed by atoms with Gasteiger partial charge in [0, 0.05) is 5.56 Å². The van der Waals surface area contributed by atoms with Crippen LogP contribution in [0.3, 0.4) is 0 Å². The van der Waals surface area contributed by atoms with Gasteiger partial charge < -0.3 is 0 Å². The second-order valence-corrected chi connectivity index (χ2v) is 3.90. The molecule has 0 saturated carbocycles. The molecule has 0 spiro atoms. The highest BCUT2D eigenvalue weighted by Gasteiger charge is 2.05. The predicted octanol–water partition coefficient (Wildman–Crippen LogP) is 3.39. The van der Waals surface area contributed by atoms with Gasteiger partial charge in [0.1, 0.15) is 0 Å². The normalized spacial score (nSPS) is 10.5. The number of benzene rings is 1. The van der Waals surface area contributed by atoms with Crippen molar-refractivity contribution in [3.63, 3.8) is 0 Å². The Bertz CT molecular complexity index is 305. The molecule has 0 aliphatic rings. The second-order valence-electron chi connectivity index (χ2n) is 3.34. The number of halogens is 1. The third-order valence-electron chi connectivity index (χ3n) is 2.00. The topological polar surface area (TPSA) is 17.1 Å². The van der Waals surface area contributed by atoms with Crippen LogP contribution in [0.25, 0.3) is 0 Å². The summed E-state index contributed by atoms with van der Waals surface area (Å²) >= 11 is 3.16. The minimum Gasteiger partial charge on any atom is -0.293 e. The van der Waals surface area contributed by atoms with Crippen LogP contribution in [-0.2, 0) is 0 Å². The van der Waals surface area contributed by atoms with Crippen LogP contribution in [0.1, 0.15) is 35.7 Å². The highest BCUT2D eigenvalue weighted by atomic mass is 79.9. The molecule has 0 aliphatic carbocycles. The van der Waals surface area contributed by atoms with Crippen molar-refractivity contribution >= 4 is 21.7 Å². The van der Waals surface area contributed by atoms with E-state index in [4.69, 9.17) is 0 Å². The van der Waals surface area contributed by atoms with Gasteiger partial charge in [0.2, 0.25) is 0 Å². The molecular weight excluding hydrogens is 228 g/mol. The van der Waals surface area contributed by atoms with E-state index in [1.54, 1.807) is 0 Å². The van der Waals surface area contributed by atoms with Crippen LogP contribution in [0, 0.1) is 0 Å². The lowest BCUT2D eigenvalue weighted by atomic mass is 10.00. The molecule has 0 atom stereocenters. The molecule has 0 fully saturated rings. The van der Waals surface area contributed by atoms with Crippen LogP contribution in [-0.4, -0.2) is 11.1 Å². The zero-order valence-electron chi connectivity index (χ0n) is 7.88. The number of hydrogen-bond donors (Lipinski definition) is 0. The van der Waals surface area contributed by atoms with Crippen molar-refractivity contribution in [2.24, 2.45) is 0 Å². The molecule has 13 heavy (non-hydrogen) atoms. The Morgan fingerprint density at radius 3 is 2.69 bits per heavy atom. The van der Waals surface area contributed by atoms with Gasteiger partial charge in [-0.3, -0.25) is 4.79 Å². The summed E-state index contributed by atoms with van der Waals surface area (Å²) in [7, 11) is 0. The van der Waals surface area contributed by atoms with Gasteiger partial charge in [-0.1, -0.05) is 48.0 Å². The predicted molar refractivity (Wildman–Crippen MR) is 58.7 cm³/mol. The van der Waals surface area contributed by atoms with E-state index in [1.165, 1.54) is 5.56 Å². The number of alkyl halides is 1. The molecule has 2 heteroatoms. The van der Waals surface area contributed by atoms with Crippen LogP contribution in [0.5, 0.6) is 0 Å². The molecule has 0 heterocycles. The molecule has 0 unspecified atom stereocenters. The molecule has 1 aromatic rings. The van der Waals surface area contributed by atoms with Gasteiger partial charge >= 0.3 is 0 Å². The van der Waals surface area contributed by atoms with Crippen LogP contribution >= 0.6 is 15.9 Å². The Balaban J connectivity index is 2.98. The Labute approximate surface area is 87.3 Å². The maximum Gasteiger partial charge on any atom is 0.173 e. The van der Waals surface area contributed by atoms with Crippen molar-refractivity contribution in [3.05, 3.63) is 35.4 Å². The fourth-order valence-electron chi connectivity index (χ4n) is 1.15. The van der Waals surface area contributed by atoms with E-state index in [-0.39, 0.29) is 5.78 Å². The van der Waals surface area contributed by atoms with E-state index in [2.05, 4.69) is 35.8 Å². The van der Waals surface area contributed by atoms with Crippen LogP contribution in [0.4, 0.5) is 0 Å². The summed E-state index contributed by atoms with van der Waals surface area (Å²) in [6.07, 6.45) is 0. The summed E-state index contributed by atoms with van der Waals surface area (Å²) < 4.78 is 0. The molecule has 0 amide bonds. The Kier molecular flexibility index (Phi) is 3.67. The van der Waals surface area contributed by atoms with Crippen molar-refractivity contribution in [1.29, 1.82) is 0 Å². The zero-order valence-corrected chi connectivity index (χ0v) is 9.47. The van der Waals surface area contributed by atoms with Crippen LogP contribution in [0.15, 0.2) is 24.3 Å². The van der Waals surface area contributed by atoms with Crippen molar-refractivity contribution < 1.29 is 4.79 Å². The van der Waals surface area contributed by atoms with E-state index >= 15 is 0 Å². The fraction of sp³-hybridized carbons (Fsp3) is 0.364. The molecule has 1 rings (SSSR count). The first-order chi connectivity index (χ1) is 6.15. The molecule has 0 N–H and O–H groups in total. The van der Waals surface area contributed by atoms with E-state index in [0.717, 1.165) is 5.56 Å². The number of ketones is 1. The number of Topliss-reactive ketones (excluding diaryl/α,β-unsaturated/α-hetero) is 1. The summed E-state index contributed by atoms with van der Waals surface area (Å²) in [6.45, 7) is 4.25. The maximum atomic E-state index is 11.3. The van der Waals surface area contributed by atoms with Crippen LogP contribution in [0.2, 0.25) is 0 Å². The SMILES string of the molecule is CC(C)c1cccc(C(=O)CBr)c1. The van der Waals surface area contributed by atoms with Gasteiger partial charge in [-0.15, -0.1) is 0 Å². The Morgan fingerprint density at radius 1 is 1.46 bits per heavy atom. The average molecular weight is 241 g/mol. The average Bonchev–Trinajstić information content (AvgIpc) is 2.17. The van der Waals surface area contributed by atoms with Gasteiger partial charge in [-0.2, -0.15) is 0 Å². The summed E-state index contributed by atoms with van der Waals surface area (Å²) in [5.74, 6) is 0.616. The molecule has 0 radical (unpaired) electrons. The second kappa shape index (κ2) is 4.56. The first-order valence-corrected chi connectivity index (χ1v) is 5.46. The molecule has 0 aromatic heterocycles. The molecule has 0 aliphatic heterocycles. The lowest BCUT2D eigenvalue weighted by Gasteiger charge is -2.06. The highest BCUT2D eigenvalue weighted by Crippen LogP contribution is 2.16. The molecule has 1 aromatic carbocycles. The van der Waals surface area contributed by atoms with E-state index in [0.29, 0.717) is 11.2 Å². The maximum absolute atomic E-state index is 11.3. The van der Waals surface area contributed by atoms with Crippen molar-refractivity contribution in [2.45, 2.75) is 19.8 Å². The standard InChI is InChI=1S/C11H13BrO/c1-8(2)9-4-3-5-10(6-9)11(13)7-12/h3-6,8H,7H2,1-2H3. The van der Waals surface area contributed by atoms with Crippen molar-refractivity contribution in [1.82, 2.24) is 0 Å². The van der Waals surface area contributed by atoms with E-state index in [9.17, 15) is 4.79 Å². The summed E-state index contributed by atoms with van der Waals surface area (Å²) in [6, 6.07) is 7.81. The minimum atomic E-state index is 0.141. The number of rotatable bonds is 3. The Hall–Kier alpha value is -0.630. The van der Waals surface area contributed by atoms with Gasteiger partial charge in [0.15, 0.2) is 5.78 Å². The number of hydrogen-bond acceptors (Lipinski definition) is 1. The third kappa shape index (κ3) is 2.66. The smallest absolute Gasteiger partial charge is 0.173 e. The zero-order chi connectivity index (χ0) is 9.84. The van der Waals surface area contributed by atoms with E-state index < -0.39 is 0 Å². The monoisotopic (exact) mass is 240 g/mol. The first-order valence-electron chi connectivity index (χ1n) is 4.34. The number of carbonyl (C=O) groups is 1. The quantitative estimate of drug-likeness (QED) is 0.585. The number of carbonyl (C=O) groups excluding carboxylic acids is 1. The molecule has 0 bridgehead atoms. The minimum absolute atomic E-state index is 0.141. The largest absolute Gasteiger partial charge is 0.293 e. The van der Waals surface area contributed by atoms with Gasteiger partial charge in [-0.25, -0.2) is 0 Å². The van der Waals surface area contributed by atoms with Crippen molar-refractivity contribution in [3.8, 4) is 0 Å². The van der Waals surface area contributed by atoms with Crippen LogP contribution < -0.4 is 0 Å². The summed E-state index contributed by atoms with van der Waals surface area (Å²) in [5, 5.41) is 0.397. The highest BCUT2D eigenvalue weighted by molar-refractivity contribution is 9.09. The summed E-state index contributed by atoms with van der Waals surface area (Å²) in [4.78, 5) is 11.3. The van der Waals surface area contributed by atoms with Gasteiger partial charge in [-0.05, 0) is 17.5 Å². The van der Waals surface area contributed by atoms with Gasteiger partial charge in [0.05, 0.1) is 5.33 Å². The molecule has 0 saturated heterocycles. The van der Waals surface area contributed by atoms with E-state index in [1.807, 2.05) is 18.2 Å². The summed E-state index contributed by atoms with van der Waals surface area (Å²) in [5.41, 5.74) is 2.01. The first kappa shape index (κ1) is 10.5. The molecule has 70 valence electrons. The molecular formula is C11H13BrO. The Morgan fingerprint density at radius 2 is 2.15 bits per heavy atom. The lowest BCUT2D eigenvalue weighted by molar-refractivity contribution is 0.102. The van der Waals surface area contributed by atoms with Gasteiger partial charge in [0.25, 0.3) is 0 Å². The van der Waals surface area contributed by atoms with Crippen molar-refractivity contribution in [2.75, 3.05) is 5.33 Å². The lowest BCUT2D eigenvalue weighted by Crippen LogP contribution is -2.00. The fourth-order valence-corrected chi connectivity index (χ4v) is 1.47. The third-order valence-corrected chi connectivity index (χ3v) is 2.51. The molecule has 1 nitrogen and oxygen atoms in total.